The minimum Gasteiger partial charge on any atom is -0.353 e. The maximum atomic E-state index is 12.1. The normalized spacial score (nSPS) is 27.2. The van der Waals surface area contributed by atoms with Gasteiger partial charge < -0.3 is 5.32 Å². The lowest BCUT2D eigenvalue weighted by molar-refractivity contribution is -0.129. The average molecular weight is 285 g/mol. The van der Waals surface area contributed by atoms with Gasteiger partial charge in [-0.3, -0.25) is 4.79 Å². The highest BCUT2D eigenvalue weighted by Crippen LogP contribution is 2.41. The van der Waals surface area contributed by atoms with E-state index < -0.39 is 15.4 Å². The van der Waals surface area contributed by atoms with Crippen LogP contribution in [0.4, 0.5) is 0 Å². The Morgan fingerprint density at radius 1 is 1.47 bits per heavy atom. The lowest BCUT2D eigenvalue weighted by Gasteiger charge is -2.36. The maximum absolute atomic E-state index is 12.1. The molecule has 0 saturated carbocycles. The monoisotopic (exact) mass is 285 g/mol. The number of carbonyl (C=O) groups is 1. The first kappa shape index (κ1) is 14.3. The molecule has 2 aliphatic rings. The lowest BCUT2D eigenvalue weighted by Crippen LogP contribution is -2.45. The van der Waals surface area contributed by atoms with E-state index in [1.807, 2.05) is 0 Å². The van der Waals surface area contributed by atoms with Crippen LogP contribution in [-0.4, -0.2) is 44.0 Å². The number of carbonyl (C=O) groups excluding carboxylic acids is 1. The molecule has 1 atom stereocenters. The summed E-state index contributed by atoms with van der Waals surface area (Å²) in [6, 6.07) is 2.16. The molecule has 2 rings (SSSR count). The van der Waals surface area contributed by atoms with Gasteiger partial charge in [-0.05, 0) is 25.7 Å². The summed E-state index contributed by atoms with van der Waals surface area (Å²) >= 11 is 0. The molecule has 106 valence electrons. The maximum Gasteiger partial charge on any atom is 0.226 e. The highest BCUT2D eigenvalue weighted by Gasteiger charge is 2.48. The van der Waals surface area contributed by atoms with E-state index in [9.17, 15) is 13.2 Å². The van der Waals surface area contributed by atoms with Crippen LogP contribution in [0.1, 0.15) is 32.1 Å². The van der Waals surface area contributed by atoms with Gasteiger partial charge in [-0.2, -0.15) is 5.26 Å². The SMILES string of the molecule is CS(=O)(=O)N1CCC2(CC1)CC(CCC#N)NC2=O. The van der Waals surface area contributed by atoms with Crippen LogP contribution in [0.5, 0.6) is 0 Å². The number of piperidine rings is 1. The Morgan fingerprint density at radius 3 is 2.63 bits per heavy atom. The van der Waals surface area contributed by atoms with E-state index in [1.54, 1.807) is 0 Å². The Kier molecular flexibility index (Phi) is 3.83. The molecule has 1 N–H and O–H groups in total. The van der Waals surface area contributed by atoms with Crippen LogP contribution in [0.25, 0.3) is 0 Å². The summed E-state index contributed by atoms with van der Waals surface area (Å²) in [5, 5.41) is 11.5. The molecule has 2 saturated heterocycles. The number of amides is 1. The molecule has 1 spiro atoms. The topological polar surface area (TPSA) is 90.3 Å². The van der Waals surface area contributed by atoms with Gasteiger partial charge in [-0.25, -0.2) is 12.7 Å². The van der Waals surface area contributed by atoms with Crippen molar-refractivity contribution in [1.29, 1.82) is 5.26 Å². The molecule has 0 aromatic heterocycles. The summed E-state index contributed by atoms with van der Waals surface area (Å²) in [6.07, 6.45) is 4.21. The summed E-state index contributed by atoms with van der Waals surface area (Å²) in [4.78, 5) is 12.1. The Bertz CT molecular complexity index is 501. The van der Waals surface area contributed by atoms with Crippen LogP contribution < -0.4 is 5.32 Å². The first-order valence-corrected chi connectivity index (χ1v) is 8.35. The van der Waals surface area contributed by atoms with Crippen LogP contribution >= 0.6 is 0 Å². The average Bonchev–Trinajstić information content (AvgIpc) is 2.63. The molecule has 0 aromatic rings. The van der Waals surface area contributed by atoms with Crippen LogP contribution in [0.2, 0.25) is 0 Å². The molecule has 0 aliphatic carbocycles. The van der Waals surface area contributed by atoms with Crippen molar-refractivity contribution in [2.45, 2.75) is 38.1 Å². The number of nitrogens with zero attached hydrogens (tertiary/aromatic N) is 2. The van der Waals surface area contributed by atoms with E-state index in [4.69, 9.17) is 5.26 Å². The van der Waals surface area contributed by atoms with E-state index in [2.05, 4.69) is 11.4 Å². The molecule has 0 radical (unpaired) electrons. The highest BCUT2D eigenvalue weighted by molar-refractivity contribution is 7.88. The van der Waals surface area contributed by atoms with E-state index >= 15 is 0 Å². The largest absolute Gasteiger partial charge is 0.353 e. The quantitative estimate of drug-likeness (QED) is 0.803. The van der Waals surface area contributed by atoms with Gasteiger partial charge >= 0.3 is 0 Å². The van der Waals surface area contributed by atoms with Crippen molar-refractivity contribution in [1.82, 2.24) is 9.62 Å². The van der Waals surface area contributed by atoms with E-state index in [0.29, 0.717) is 38.8 Å². The van der Waals surface area contributed by atoms with Crippen LogP contribution in [0.3, 0.4) is 0 Å². The zero-order chi connectivity index (χ0) is 14.1. The summed E-state index contributed by atoms with van der Waals surface area (Å²) in [5.74, 6) is 0.0311. The molecule has 7 heteroatoms. The summed E-state index contributed by atoms with van der Waals surface area (Å²) in [7, 11) is -3.16. The zero-order valence-corrected chi connectivity index (χ0v) is 11.9. The van der Waals surface area contributed by atoms with E-state index in [0.717, 1.165) is 6.42 Å². The first-order valence-electron chi connectivity index (χ1n) is 6.50. The van der Waals surface area contributed by atoms with Crippen LogP contribution in [-0.2, 0) is 14.8 Å². The smallest absolute Gasteiger partial charge is 0.226 e. The standard InChI is InChI=1S/C12H19N3O3S/c1-19(17,18)15-7-4-12(5-8-15)9-10(3-2-6-13)14-11(12)16/h10H,2-5,7-9H2,1H3,(H,14,16). The number of nitrogens with one attached hydrogen (secondary N) is 1. The fourth-order valence-electron chi connectivity index (χ4n) is 3.04. The third-order valence-corrected chi connectivity index (χ3v) is 5.51. The minimum absolute atomic E-state index is 0.0311. The van der Waals surface area contributed by atoms with Gasteiger partial charge in [0.2, 0.25) is 15.9 Å². The molecule has 2 fully saturated rings. The molecule has 2 aliphatic heterocycles. The number of sulfonamides is 1. The third-order valence-electron chi connectivity index (χ3n) is 4.21. The third kappa shape index (κ3) is 2.90. The molecule has 0 aromatic carbocycles. The van der Waals surface area contributed by atoms with Crippen molar-refractivity contribution >= 4 is 15.9 Å². The van der Waals surface area contributed by atoms with E-state index in [-0.39, 0.29) is 11.9 Å². The van der Waals surface area contributed by atoms with Crippen LogP contribution in [0.15, 0.2) is 0 Å². The molecule has 6 nitrogen and oxygen atoms in total. The molecule has 0 bridgehead atoms. The van der Waals surface area contributed by atoms with Crippen molar-refractivity contribution < 1.29 is 13.2 Å². The summed E-state index contributed by atoms with van der Waals surface area (Å²) < 4.78 is 24.4. The molecular weight excluding hydrogens is 266 g/mol. The van der Waals surface area contributed by atoms with Crippen molar-refractivity contribution in [2.75, 3.05) is 19.3 Å². The van der Waals surface area contributed by atoms with Gasteiger partial charge in [0, 0.05) is 25.6 Å². The first-order chi connectivity index (χ1) is 8.87. The Balaban J connectivity index is 1.99. The second-order valence-corrected chi connectivity index (χ2v) is 7.50. The van der Waals surface area contributed by atoms with Crippen molar-refractivity contribution in [3.8, 4) is 6.07 Å². The number of hydrogen-bond donors (Lipinski definition) is 1. The summed E-state index contributed by atoms with van der Waals surface area (Å²) in [5.41, 5.74) is -0.415. The van der Waals surface area contributed by atoms with Crippen LogP contribution in [0, 0.1) is 16.7 Å². The lowest BCUT2D eigenvalue weighted by atomic mass is 9.76. The second kappa shape index (κ2) is 5.10. The predicted octanol–water partition coefficient (Wildman–Crippen LogP) is 0.220. The van der Waals surface area contributed by atoms with Crippen molar-refractivity contribution in [2.24, 2.45) is 5.41 Å². The Labute approximate surface area is 113 Å². The number of nitriles is 1. The number of rotatable bonds is 3. The van der Waals surface area contributed by atoms with Gasteiger partial charge in [0.15, 0.2) is 0 Å². The molecule has 1 unspecified atom stereocenters. The summed E-state index contributed by atoms with van der Waals surface area (Å²) in [6.45, 7) is 0.828. The van der Waals surface area contributed by atoms with E-state index in [1.165, 1.54) is 10.6 Å². The Morgan fingerprint density at radius 2 is 2.11 bits per heavy atom. The second-order valence-electron chi connectivity index (χ2n) is 5.51. The fourth-order valence-corrected chi connectivity index (χ4v) is 3.89. The minimum atomic E-state index is -3.16. The van der Waals surface area contributed by atoms with Crippen molar-refractivity contribution in [3.63, 3.8) is 0 Å². The van der Waals surface area contributed by atoms with Gasteiger partial charge in [0.25, 0.3) is 0 Å². The highest BCUT2D eigenvalue weighted by atomic mass is 32.2. The fraction of sp³-hybridized carbons (Fsp3) is 0.833. The Hall–Kier alpha value is -1.13. The predicted molar refractivity (Wildman–Crippen MR) is 69.5 cm³/mol. The molecule has 19 heavy (non-hydrogen) atoms. The molecule has 1 amide bonds. The zero-order valence-electron chi connectivity index (χ0n) is 11.1. The van der Waals surface area contributed by atoms with Gasteiger partial charge in [0.05, 0.1) is 17.7 Å². The number of hydrogen-bond acceptors (Lipinski definition) is 4. The molecular formula is C12H19N3O3S. The van der Waals surface area contributed by atoms with Gasteiger partial charge in [0.1, 0.15) is 0 Å². The van der Waals surface area contributed by atoms with Gasteiger partial charge in [-0.15, -0.1) is 0 Å². The van der Waals surface area contributed by atoms with Gasteiger partial charge in [-0.1, -0.05) is 0 Å². The molecule has 2 heterocycles. The van der Waals surface area contributed by atoms with Crippen molar-refractivity contribution in [3.05, 3.63) is 0 Å².